The number of ether oxygens (including phenoxy) is 1. The zero-order valence-corrected chi connectivity index (χ0v) is 17.5. The summed E-state index contributed by atoms with van der Waals surface area (Å²) >= 11 is 0. The molecule has 2 aromatic rings. The van der Waals surface area contributed by atoms with Crippen LogP contribution in [-0.4, -0.2) is 43.8 Å². The smallest absolute Gasteiger partial charge is 0.323 e. The van der Waals surface area contributed by atoms with Crippen molar-refractivity contribution in [2.24, 2.45) is 0 Å². The van der Waals surface area contributed by atoms with Crippen molar-refractivity contribution in [3.63, 3.8) is 0 Å². The summed E-state index contributed by atoms with van der Waals surface area (Å²) in [5, 5.41) is 3.25. The fourth-order valence-corrected chi connectivity index (χ4v) is 4.25. The third kappa shape index (κ3) is 5.88. The Bertz CT molecular complexity index is 977. The number of nitrogens with zero attached hydrogens (tertiary/aromatic N) is 1. The summed E-state index contributed by atoms with van der Waals surface area (Å²) in [7, 11) is -3.74. The number of hydrogen-bond acceptors (Lipinski definition) is 6. The molecular weight excluding hydrogens is 406 g/mol. The van der Waals surface area contributed by atoms with Crippen LogP contribution in [0.15, 0.2) is 54.6 Å². The second-order valence-corrected chi connectivity index (χ2v) is 8.66. The molecule has 1 aliphatic heterocycles. The van der Waals surface area contributed by atoms with E-state index in [2.05, 4.69) is 5.32 Å². The summed E-state index contributed by atoms with van der Waals surface area (Å²) < 4.78 is 31.9. The van der Waals surface area contributed by atoms with Crippen molar-refractivity contribution in [3.8, 4) is 0 Å². The minimum atomic E-state index is -3.74. The molecule has 0 saturated carbocycles. The highest BCUT2D eigenvalue weighted by Gasteiger charge is 2.33. The third-order valence-corrected chi connectivity index (χ3v) is 6.11. The van der Waals surface area contributed by atoms with E-state index in [0.717, 1.165) is 21.0 Å². The number of esters is 1. The van der Waals surface area contributed by atoms with E-state index in [9.17, 15) is 18.0 Å². The van der Waals surface area contributed by atoms with Gasteiger partial charge in [-0.2, -0.15) is 12.7 Å². The van der Waals surface area contributed by atoms with Crippen molar-refractivity contribution in [3.05, 3.63) is 71.3 Å². The molecule has 1 heterocycles. The van der Waals surface area contributed by atoms with Crippen LogP contribution in [0.5, 0.6) is 0 Å². The molecule has 1 fully saturated rings. The van der Waals surface area contributed by atoms with Gasteiger partial charge in [-0.05, 0) is 30.0 Å². The third-order valence-electron chi connectivity index (χ3n) is 4.69. The normalized spacial score (nSPS) is 16.8. The molecule has 1 amide bonds. The van der Waals surface area contributed by atoms with Gasteiger partial charge in [0.1, 0.15) is 6.04 Å². The van der Waals surface area contributed by atoms with Gasteiger partial charge in [0.2, 0.25) is 5.91 Å². The van der Waals surface area contributed by atoms with Crippen LogP contribution in [-0.2, 0) is 44.0 Å². The summed E-state index contributed by atoms with van der Waals surface area (Å²) in [4.78, 5) is 23.6. The Labute approximate surface area is 176 Å². The van der Waals surface area contributed by atoms with Crippen LogP contribution < -0.4 is 10.0 Å². The second-order valence-electron chi connectivity index (χ2n) is 6.99. The Morgan fingerprint density at radius 2 is 1.77 bits per heavy atom. The first-order valence-corrected chi connectivity index (χ1v) is 11.1. The predicted octanol–water partition coefficient (Wildman–Crippen LogP) is 1.13. The largest absolute Gasteiger partial charge is 0.465 e. The second kappa shape index (κ2) is 9.84. The van der Waals surface area contributed by atoms with Crippen LogP contribution in [0.4, 0.5) is 0 Å². The van der Waals surface area contributed by atoms with Gasteiger partial charge in [0, 0.05) is 13.1 Å². The predicted molar refractivity (Wildman–Crippen MR) is 111 cm³/mol. The Hall–Kier alpha value is -2.75. The molecule has 0 aliphatic carbocycles. The average molecular weight is 432 g/mol. The Balaban J connectivity index is 1.60. The van der Waals surface area contributed by atoms with Crippen LogP contribution in [0.25, 0.3) is 0 Å². The van der Waals surface area contributed by atoms with Gasteiger partial charge in [-0.25, -0.2) is 4.72 Å². The van der Waals surface area contributed by atoms with Gasteiger partial charge >= 0.3 is 16.2 Å². The van der Waals surface area contributed by atoms with Crippen LogP contribution in [0, 0.1) is 0 Å². The summed E-state index contributed by atoms with van der Waals surface area (Å²) in [6.45, 7) is 2.50. The standard InChI is InChI=1S/C21H25N3O5S/c1-2-29-21(26)19(12-16-6-4-3-5-7-16)22-13-17-8-10-18(11-9-17)14-24-15-20(25)23-30(24,27)28/h3-11,19,22H,2,12-15H2,1H3,(H,23,25)/t19-/m1/s1. The van der Waals surface area contributed by atoms with Crippen LogP contribution >= 0.6 is 0 Å². The van der Waals surface area contributed by atoms with Gasteiger partial charge < -0.3 is 10.1 Å². The number of rotatable bonds is 9. The van der Waals surface area contributed by atoms with E-state index in [1.165, 1.54) is 0 Å². The maximum atomic E-state index is 12.3. The molecule has 8 nitrogen and oxygen atoms in total. The molecule has 0 spiro atoms. The van der Waals surface area contributed by atoms with E-state index in [0.29, 0.717) is 19.6 Å². The molecule has 160 valence electrons. The lowest BCUT2D eigenvalue weighted by molar-refractivity contribution is -0.145. The van der Waals surface area contributed by atoms with Crippen LogP contribution in [0.3, 0.4) is 0 Å². The first-order chi connectivity index (χ1) is 14.4. The lowest BCUT2D eigenvalue weighted by Gasteiger charge is -2.18. The fraction of sp³-hybridized carbons (Fsp3) is 0.333. The van der Waals surface area contributed by atoms with E-state index in [4.69, 9.17) is 4.74 Å². The molecule has 1 atom stereocenters. The summed E-state index contributed by atoms with van der Waals surface area (Å²) in [5.74, 6) is -0.825. The fourth-order valence-electron chi connectivity index (χ4n) is 3.17. The van der Waals surface area contributed by atoms with E-state index in [1.807, 2.05) is 59.3 Å². The molecule has 2 aromatic carbocycles. The molecule has 0 aromatic heterocycles. The number of amides is 1. The van der Waals surface area contributed by atoms with E-state index in [-0.39, 0.29) is 19.1 Å². The molecule has 0 bridgehead atoms. The van der Waals surface area contributed by atoms with Crippen molar-refractivity contribution < 1.29 is 22.7 Å². The average Bonchev–Trinajstić information content (AvgIpc) is 2.98. The maximum Gasteiger partial charge on any atom is 0.323 e. The minimum Gasteiger partial charge on any atom is -0.465 e. The topological polar surface area (TPSA) is 105 Å². The molecule has 3 rings (SSSR count). The number of carbonyl (C=O) groups excluding carboxylic acids is 2. The van der Waals surface area contributed by atoms with Gasteiger partial charge in [-0.3, -0.25) is 9.59 Å². The number of hydrogen-bond donors (Lipinski definition) is 2. The van der Waals surface area contributed by atoms with Gasteiger partial charge in [-0.1, -0.05) is 54.6 Å². The first-order valence-electron chi connectivity index (χ1n) is 9.70. The van der Waals surface area contributed by atoms with Gasteiger partial charge in [-0.15, -0.1) is 0 Å². The molecule has 30 heavy (non-hydrogen) atoms. The van der Waals surface area contributed by atoms with E-state index < -0.39 is 22.2 Å². The maximum absolute atomic E-state index is 12.3. The van der Waals surface area contributed by atoms with Crippen molar-refractivity contribution in [1.82, 2.24) is 14.3 Å². The zero-order valence-electron chi connectivity index (χ0n) is 16.7. The highest BCUT2D eigenvalue weighted by Crippen LogP contribution is 2.14. The molecular formula is C21H25N3O5S. The van der Waals surface area contributed by atoms with Crippen molar-refractivity contribution in [1.29, 1.82) is 0 Å². The SMILES string of the molecule is CCOC(=O)[C@@H](Cc1ccccc1)NCc1ccc(CN2CC(=O)NS2(=O)=O)cc1. The van der Waals surface area contributed by atoms with E-state index >= 15 is 0 Å². The van der Waals surface area contributed by atoms with E-state index in [1.54, 1.807) is 6.92 Å². The van der Waals surface area contributed by atoms with Crippen molar-refractivity contribution in [2.45, 2.75) is 32.5 Å². The number of nitrogens with one attached hydrogen (secondary N) is 2. The monoisotopic (exact) mass is 431 g/mol. The van der Waals surface area contributed by atoms with Gasteiger partial charge in [0.05, 0.1) is 13.2 Å². The molecule has 2 N–H and O–H groups in total. The highest BCUT2D eigenvalue weighted by atomic mass is 32.2. The highest BCUT2D eigenvalue weighted by molar-refractivity contribution is 7.88. The van der Waals surface area contributed by atoms with Crippen molar-refractivity contribution >= 4 is 22.1 Å². The number of benzene rings is 2. The summed E-state index contributed by atoms with van der Waals surface area (Å²) in [6.07, 6.45) is 0.519. The molecule has 0 unspecified atom stereocenters. The molecule has 1 saturated heterocycles. The Morgan fingerprint density at radius 3 is 2.37 bits per heavy atom. The number of carbonyl (C=O) groups is 2. The Morgan fingerprint density at radius 1 is 1.10 bits per heavy atom. The molecule has 9 heteroatoms. The van der Waals surface area contributed by atoms with Gasteiger partial charge in [0.25, 0.3) is 0 Å². The van der Waals surface area contributed by atoms with Gasteiger partial charge in [0.15, 0.2) is 0 Å². The lowest BCUT2D eigenvalue weighted by Crippen LogP contribution is -2.39. The Kier molecular flexibility index (Phi) is 7.20. The van der Waals surface area contributed by atoms with Crippen LogP contribution in [0.1, 0.15) is 23.6 Å². The summed E-state index contributed by atoms with van der Waals surface area (Å²) in [5.41, 5.74) is 2.75. The summed E-state index contributed by atoms with van der Waals surface area (Å²) in [6, 6.07) is 16.6. The molecule has 0 radical (unpaired) electrons. The quantitative estimate of drug-likeness (QED) is 0.577. The molecule has 1 aliphatic rings. The van der Waals surface area contributed by atoms with Crippen molar-refractivity contribution in [2.75, 3.05) is 13.2 Å². The first kappa shape index (κ1) is 21.9. The minimum absolute atomic E-state index is 0.119. The van der Waals surface area contributed by atoms with Crippen LogP contribution in [0.2, 0.25) is 0 Å². The lowest BCUT2D eigenvalue weighted by atomic mass is 10.1. The zero-order chi connectivity index (χ0) is 21.6.